The third-order valence-corrected chi connectivity index (χ3v) is 3.37. The van der Waals surface area contributed by atoms with Crippen LogP contribution in [0.1, 0.15) is 29.3 Å². The normalized spacial score (nSPS) is 10.8. The number of ether oxygens (including phenoxy) is 1. The molecule has 0 aromatic carbocycles. The molecule has 0 unspecified atom stereocenters. The molecule has 80 valence electrons. The third-order valence-electron chi connectivity index (χ3n) is 2.26. The number of methoxy groups -OCH3 is 1. The molecule has 14 heavy (non-hydrogen) atoms. The lowest BCUT2D eigenvalue weighted by molar-refractivity contribution is 0.187. The van der Waals surface area contributed by atoms with Gasteiger partial charge in [0.1, 0.15) is 0 Å². The van der Waals surface area contributed by atoms with Crippen LogP contribution in [0.25, 0.3) is 0 Å². The Morgan fingerprint density at radius 2 is 2.29 bits per heavy atom. The average Bonchev–Trinajstić information content (AvgIpc) is 2.51. The number of nitrogens with one attached hydrogen (secondary N) is 1. The second kappa shape index (κ2) is 6.17. The van der Waals surface area contributed by atoms with E-state index in [0.29, 0.717) is 0 Å². The van der Waals surface area contributed by atoms with Crippen molar-refractivity contribution in [2.45, 2.75) is 33.4 Å². The van der Waals surface area contributed by atoms with Crippen LogP contribution in [0.5, 0.6) is 0 Å². The van der Waals surface area contributed by atoms with Gasteiger partial charge >= 0.3 is 0 Å². The number of rotatable bonds is 6. The molecule has 0 aliphatic rings. The molecule has 0 fully saturated rings. The summed E-state index contributed by atoms with van der Waals surface area (Å²) < 4.78 is 5.14. The SMILES string of the molecule is CCCNCc1csc(COC)c1C. The van der Waals surface area contributed by atoms with Gasteiger partial charge in [-0.3, -0.25) is 0 Å². The average molecular weight is 213 g/mol. The highest BCUT2D eigenvalue weighted by Crippen LogP contribution is 2.22. The minimum absolute atomic E-state index is 0.740. The summed E-state index contributed by atoms with van der Waals surface area (Å²) in [6, 6.07) is 0. The van der Waals surface area contributed by atoms with E-state index in [9.17, 15) is 0 Å². The summed E-state index contributed by atoms with van der Waals surface area (Å²) in [7, 11) is 1.74. The molecule has 0 aliphatic carbocycles. The van der Waals surface area contributed by atoms with Gasteiger partial charge in [-0.2, -0.15) is 0 Å². The Balaban J connectivity index is 2.51. The van der Waals surface area contributed by atoms with E-state index in [1.165, 1.54) is 22.4 Å². The number of thiophene rings is 1. The predicted octanol–water partition coefficient (Wildman–Crippen LogP) is 2.70. The van der Waals surface area contributed by atoms with Crippen LogP contribution in [-0.2, 0) is 17.9 Å². The van der Waals surface area contributed by atoms with Gasteiger partial charge in [0.05, 0.1) is 6.61 Å². The number of hydrogen-bond donors (Lipinski definition) is 1. The summed E-state index contributed by atoms with van der Waals surface area (Å²) >= 11 is 1.79. The summed E-state index contributed by atoms with van der Waals surface area (Å²) in [5.74, 6) is 0. The van der Waals surface area contributed by atoms with Crippen LogP contribution in [0.2, 0.25) is 0 Å². The molecule has 1 rings (SSSR count). The van der Waals surface area contributed by atoms with E-state index in [-0.39, 0.29) is 0 Å². The minimum atomic E-state index is 0.740. The quantitative estimate of drug-likeness (QED) is 0.734. The highest BCUT2D eigenvalue weighted by atomic mass is 32.1. The van der Waals surface area contributed by atoms with E-state index in [0.717, 1.165) is 19.7 Å². The Kier molecular flexibility index (Phi) is 5.15. The molecule has 2 nitrogen and oxygen atoms in total. The fourth-order valence-corrected chi connectivity index (χ4v) is 2.38. The van der Waals surface area contributed by atoms with Gasteiger partial charge in [0.2, 0.25) is 0 Å². The molecule has 3 heteroatoms. The van der Waals surface area contributed by atoms with Gasteiger partial charge in [0.15, 0.2) is 0 Å². The van der Waals surface area contributed by atoms with Crippen LogP contribution < -0.4 is 5.32 Å². The predicted molar refractivity (Wildman–Crippen MR) is 61.8 cm³/mol. The molecular weight excluding hydrogens is 194 g/mol. The molecular formula is C11H19NOS. The van der Waals surface area contributed by atoms with Gasteiger partial charge in [-0.05, 0) is 36.4 Å². The van der Waals surface area contributed by atoms with E-state index in [2.05, 4.69) is 24.5 Å². The van der Waals surface area contributed by atoms with Crippen molar-refractivity contribution in [1.29, 1.82) is 0 Å². The van der Waals surface area contributed by atoms with Gasteiger partial charge in [-0.1, -0.05) is 6.92 Å². The van der Waals surface area contributed by atoms with Gasteiger partial charge in [0, 0.05) is 18.5 Å². The second-order valence-corrected chi connectivity index (χ2v) is 4.38. The van der Waals surface area contributed by atoms with Crippen molar-refractivity contribution in [3.05, 3.63) is 21.4 Å². The Labute approximate surface area is 90.3 Å². The van der Waals surface area contributed by atoms with Crippen LogP contribution in [0.3, 0.4) is 0 Å². The zero-order valence-electron chi connectivity index (χ0n) is 9.22. The first-order valence-electron chi connectivity index (χ1n) is 5.05. The van der Waals surface area contributed by atoms with E-state index < -0.39 is 0 Å². The van der Waals surface area contributed by atoms with Crippen LogP contribution in [0.4, 0.5) is 0 Å². The molecule has 0 radical (unpaired) electrons. The molecule has 1 aromatic rings. The van der Waals surface area contributed by atoms with Gasteiger partial charge < -0.3 is 10.1 Å². The van der Waals surface area contributed by atoms with Crippen molar-refractivity contribution in [3.63, 3.8) is 0 Å². The largest absolute Gasteiger partial charge is 0.379 e. The maximum absolute atomic E-state index is 5.14. The summed E-state index contributed by atoms with van der Waals surface area (Å²) in [6.45, 7) is 7.18. The Morgan fingerprint density at radius 3 is 2.93 bits per heavy atom. The molecule has 0 saturated heterocycles. The molecule has 0 amide bonds. The lowest BCUT2D eigenvalue weighted by atomic mass is 10.2. The molecule has 0 atom stereocenters. The summed E-state index contributed by atoms with van der Waals surface area (Å²) in [5.41, 5.74) is 2.80. The van der Waals surface area contributed by atoms with Crippen molar-refractivity contribution < 1.29 is 4.74 Å². The van der Waals surface area contributed by atoms with Crippen molar-refractivity contribution in [3.8, 4) is 0 Å². The van der Waals surface area contributed by atoms with Gasteiger partial charge in [-0.15, -0.1) is 11.3 Å². The summed E-state index contributed by atoms with van der Waals surface area (Å²) in [5, 5.41) is 5.64. The molecule has 0 aliphatic heterocycles. The molecule has 1 aromatic heterocycles. The monoisotopic (exact) mass is 213 g/mol. The first-order valence-corrected chi connectivity index (χ1v) is 5.93. The van der Waals surface area contributed by atoms with E-state index in [1.54, 1.807) is 18.4 Å². The molecule has 1 N–H and O–H groups in total. The Hall–Kier alpha value is -0.380. The van der Waals surface area contributed by atoms with Crippen molar-refractivity contribution >= 4 is 11.3 Å². The molecule has 0 saturated carbocycles. The molecule has 0 spiro atoms. The van der Waals surface area contributed by atoms with Crippen LogP contribution in [0, 0.1) is 6.92 Å². The summed E-state index contributed by atoms with van der Waals surface area (Å²) in [4.78, 5) is 1.35. The molecule has 1 heterocycles. The highest BCUT2D eigenvalue weighted by molar-refractivity contribution is 7.10. The summed E-state index contributed by atoms with van der Waals surface area (Å²) in [6.07, 6.45) is 1.19. The highest BCUT2D eigenvalue weighted by Gasteiger charge is 2.06. The second-order valence-electron chi connectivity index (χ2n) is 3.42. The van der Waals surface area contributed by atoms with Crippen molar-refractivity contribution in [2.24, 2.45) is 0 Å². The zero-order valence-corrected chi connectivity index (χ0v) is 10.0. The standard InChI is InChI=1S/C11H19NOS/c1-4-5-12-6-10-8-14-11(7-13-3)9(10)2/h8,12H,4-7H2,1-3H3. The minimum Gasteiger partial charge on any atom is -0.379 e. The van der Waals surface area contributed by atoms with Crippen molar-refractivity contribution in [1.82, 2.24) is 5.32 Å². The van der Waals surface area contributed by atoms with Crippen LogP contribution in [0.15, 0.2) is 5.38 Å². The lowest BCUT2D eigenvalue weighted by Gasteiger charge is -2.03. The van der Waals surface area contributed by atoms with Crippen LogP contribution in [-0.4, -0.2) is 13.7 Å². The van der Waals surface area contributed by atoms with E-state index in [1.807, 2.05) is 0 Å². The topological polar surface area (TPSA) is 21.3 Å². The molecule has 0 bridgehead atoms. The first kappa shape index (κ1) is 11.7. The van der Waals surface area contributed by atoms with Gasteiger partial charge in [0.25, 0.3) is 0 Å². The maximum Gasteiger partial charge on any atom is 0.0808 e. The fourth-order valence-electron chi connectivity index (χ4n) is 1.35. The first-order chi connectivity index (χ1) is 6.79. The van der Waals surface area contributed by atoms with Crippen LogP contribution >= 0.6 is 11.3 Å². The zero-order chi connectivity index (χ0) is 10.4. The van der Waals surface area contributed by atoms with Gasteiger partial charge in [-0.25, -0.2) is 0 Å². The Morgan fingerprint density at radius 1 is 1.50 bits per heavy atom. The fraction of sp³-hybridized carbons (Fsp3) is 0.636. The Bertz CT molecular complexity index is 270. The number of hydrogen-bond acceptors (Lipinski definition) is 3. The smallest absolute Gasteiger partial charge is 0.0808 e. The van der Waals surface area contributed by atoms with Crippen molar-refractivity contribution in [2.75, 3.05) is 13.7 Å². The van der Waals surface area contributed by atoms with E-state index >= 15 is 0 Å². The maximum atomic E-state index is 5.14. The lowest BCUT2D eigenvalue weighted by Crippen LogP contribution is -2.13. The third kappa shape index (κ3) is 3.08. The van der Waals surface area contributed by atoms with E-state index in [4.69, 9.17) is 4.74 Å².